The summed E-state index contributed by atoms with van der Waals surface area (Å²) in [6.45, 7) is 12.5. The Labute approximate surface area is 130 Å². The average molecular weight is 288 g/mol. The fourth-order valence-electron chi connectivity index (χ4n) is 3.45. The number of likely N-dealkylation sites (N-methyl/N-ethyl adjacent to an activating group) is 1. The van der Waals surface area contributed by atoms with Crippen molar-refractivity contribution in [1.29, 1.82) is 0 Å². The zero-order valence-electron chi connectivity index (χ0n) is 14.2. The second kappa shape index (κ2) is 7.95. The van der Waals surface area contributed by atoms with Crippen LogP contribution in [-0.4, -0.2) is 30.6 Å². The van der Waals surface area contributed by atoms with E-state index in [9.17, 15) is 0 Å². The smallest absolute Gasteiger partial charge is 0.0472 e. The molecule has 118 valence electrons. The maximum absolute atomic E-state index is 3.81. The Morgan fingerprint density at radius 1 is 1.10 bits per heavy atom. The SMILES string of the molecule is CCN(CC)C(CNC1CC(C(C)C)C1)c1ccccc1. The van der Waals surface area contributed by atoms with E-state index in [-0.39, 0.29) is 0 Å². The molecule has 21 heavy (non-hydrogen) atoms. The van der Waals surface area contributed by atoms with Crippen LogP contribution in [0.25, 0.3) is 0 Å². The van der Waals surface area contributed by atoms with Crippen molar-refractivity contribution in [2.24, 2.45) is 11.8 Å². The molecule has 0 amide bonds. The van der Waals surface area contributed by atoms with Crippen molar-refractivity contribution in [2.45, 2.75) is 52.6 Å². The molecular formula is C19H32N2. The molecule has 0 bridgehead atoms. The van der Waals surface area contributed by atoms with Gasteiger partial charge >= 0.3 is 0 Å². The van der Waals surface area contributed by atoms with Gasteiger partial charge in [-0.3, -0.25) is 4.90 Å². The monoisotopic (exact) mass is 288 g/mol. The van der Waals surface area contributed by atoms with Crippen molar-refractivity contribution in [3.8, 4) is 0 Å². The highest BCUT2D eigenvalue weighted by atomic mass is 15.2. The van der Waals surface area contributed by atoms with Crippen LogP contribution in [0.3, 0.4) is 0 Å². The van der Waals surface area contributed by atoms with Crippen molar-refractivity contribution >= 4 is 0 Å². The van der Waals surface area contributed by atoms with Crippen LogP contribution in [0.1, 0.15) is 52.1 Å². The van der Waals surface area contributed by atoms with E-state index < -0.39 is 0 Å². The molecular weight excluding hydrogens is 256 g/mol. The van der Waals surface area contributed by atoms with E-state index in [4.69, 9.17) is 0 Å². The maximum Gasteiger partial charge on any atom is 0.0472 e. The van der Waals surface area contributed by atoms with Crippen LogP contribution in [0.5, 0.6) is 0 Å². The lowest BCUT2D eigenvalue weighted by Crippen LogP contribution is -2.46. The molecule has 0 aromatic heterocycles. The molecule has 1 unspecified atom stereocenters. The lowest BCUT2D eigenvalue weighted by atomic mass is 9.73. The van der Waals surface area contributed by atoms with Crippen LogP contribution in [-0.2, 0) is 0 Å². The molecule has 0 aliphatic heterocycles. The Kier molecular flexibility index (Phi) is 6.25. The van der Waals surface area contributed by atoms with Crippen LogP contribution in [0.2, 0.25) is 0 Å². The van der Waals surface area contributed by atoms with Crippen molar-refractivity contribution in [3.05, 3.63) is 35.9 Å². The highest BCUT2D eigenvalue weighted by Gasteiger charge is 2.31. The number of rotatable bonds is 8. The average Bonchev–Trinajstić information content (AvgIpc) is 2.45. The first-order valence-corrected chi connectivity index (χ1v) is 8.68. The van der Waals surface area contributed by atoms with Gasteiger partial charge in [0.1, 0.15) is 0 Å². The van der Waals surface area contributed by atoms with Gasteiger partial charge in [0.05, 0.1) is 0 Å². The van der Waals surface area contributed by atoms with Gasteiger partial charge < -0.3 is 5.32 Å². The third-order valence-corrected chi connectivity index (χ3v) is 5.15. The third-order valence-electron chi connectivity index (χ3n) is 5.15. The van der Waals surface area contributed by atoms with Crippen molar-refractivity contribution in [2.75, 3.05) is 19.6 Å². The number of nitrogens with zero attached hydrogens (tertiary/aromatic N) is 1. The molecule has 1 N–H and O–H groups in total. The maximum atomic E-state index is 3.81. The number of benzene rings is 1. The van der Waals surface area contributed by atoms with Gasteiger partial charge in [-0.15, -0.1) is 0 Å². The molecule has 0 radical (unpaired) electrons. The molecule has 0 spiro atoms. The fraction of sp³-hybridized carbons (Fsp3) is 0.684. The first kappa shape index (κ1) is 16.5. The fourth-order valence-corrected chi connectivity index (χ4v) is 3.45. The molecule has 2 rings (SSSR count). The summed E-state index contributed by atoms with van der Waals surface area (Å²) in [7, 11) is 0. The van der Waals surface area contributed by atoms with E-state index in [0.29, 0.717) is 6.04 Å². The summed E-state index contributed by atoms with van der Waals surface area (Å²) in [6, 6.07) is 12.2. The van der Waals surface area contributed by atoms with Gasteiger partial charge in [-0.1, -0.05) is 58.0 Å². The standard InChI is InChI=1S/C19H32N2/c1-5-21(6-2)19(16-10-8-7-9-11-16)14-20-18-12-17(13-18)15(3)4/h7-11,15,17-20H,5-6,12-14H2,1-4H3. The van der Waals surface area contributed by atoms with Gasteiger partial charge in [-0.2, -0.15) is 0 Å². The third kappa shape index (κ3) is 4.31. The largest absolute Gasteiger partial charge is 0.312 e. The Hall–Kier alpha value is -0.860. The van der Waals surface area contributed by atoms with Crippen LogP contribution in [0, 0.1) is 11.8 Å². The van der Waals surface area contributed by atoms with Gasteiger partial charge in [-0.05, 0) is 43.3 Å². The molecule has 1 aliphatic carbocycles. The van der Waals surface area contributed by atoms with E-state index >= 15 is 0 Å². The summed E-state index contributed by atoms with van der Waals surface area (Å²) in [5.74, 6) is 1.78. The minimum Gasteiger partial charge on any atom is -0.312 e. The molecule has 1 fully saturated rings. The van der Waals surface area contributed by atoms with E-state index in [2.05, 4.69) is 68.2 Å². The van der Waals surface area contributed by atoms with E-state index in [0.717, 1.165) is 37.5 Å². The normalized spacial score (nSPS) is 23.3. The zero-order chi connectivity index (χ0) is 15.2. The van der Waals surface area contributed by atoms with Crippen LogP contribution in [0.4, 0.5) is 0 Å². The number of hydrogen-bond donors (Lipinski definition) is 1. The highest BCUT2D eigenvalue weighted by Crippen LogP contribution is 2.34. The number of nitrogens with one attached hydrogen (secondary N) is 1. The lowest BCUT2D eigenvalue weighted by molar-refractivity contribution is 0.147. The quantitative estimate of drug-likeness (QED) is 0.775. The van der Waals surface area contributed by atoms with E-state index in [1.165, 1.54) is 18.4 Å². The minimum atomic E-state index is 0.499. The number of hydrogen-bond acceptors (Lipinski definition) is 2. The van der Waals surface area contributed by atoms with Gasteiger partial charge in [0.25, 0.3) is 0 Å². The van der Waals surface area contributed by atoms with Gasteiger partial charge in [0.15, 0.2) is 0 Å². The van der Waals surface area contributed by atoms with Gasteiger partial charge in [-0.25, -0.2) is 0 Å². The first-order valence-electron chi connectivity index (χ1n) is 8.68. The summed E-state index contributed by atoms with van der Waals surface area (Å²) >= 11 is 0. The Morgan fingerprint density at radius 2 is 1.71 bits per heavy atom. The van der Waals surface area contributed by atoms with E-state index in [1.807, 2.05) is 0 Å². The summed E-state index contributed by atoms with van der Waals surface area (Å²) in [4.78, 5) is 2.56. The summed E-state index contributed by atoms with van der Waals surface area (Å²) < 4.78 is 0. The van der Waals surface area contributed by atoms with Crippen LogP contribution < -0.4 is 5.32 Å². The Morgan fingerprint density at radius 3 is 2.24 bits per heavy atom. The molecule has 1 aromatic carbocycles. The molecule has 1 saturated carbocycles. The minimum absolute atomic E-state index is 0.499. The first-order chi connectivity index (χ1) is 10.2. The molecule has 0 saturated heterocycles. The molecule has 2 heteroatoms. The molecule has 1 aliphatic rings. The predicted octanol–water partition coefficient (Wildman–Crippen LogP) is 4.09. The highest BCUT2D eigenvalue weighted by molar-refractivity contribution is 5.19. The van der Waals surface area contributed by atoms with Crippen molar-refractivity contribution in [1.82, 2.24) is 10.2 Å². The molecule has 1 atom stereocenters. The van der Waals surface area contributed by atoms with Crippen molar-refractivity contribution < 1.29 is 0 Å². The van der Waals surface area contributed by atoms with Gasteiger partial charge in [0, 0.05) is 18.6 Å². The summed E-state index contributed by atoms with van der Waals surface area (Å²) in [5, 5.41) is 3.81. The molecule has 2 nitrogen and oxygen atoms in total. The zero-order valence-corrected chi connectivity index (χ0v) is 14.2. The lowest BCUT2D eigenvalue weighted by Gasteiger charge is -2.40. The van der Waals surface area contributed by atoms with Crippen LogP contribution in [0.15, 0.2) is 30.3 Å². The van der Waals surface area contributed by atoms with E-state index in [1.54, 1.807) is 0 Å². The second-order valence-corrected chi connectivity index (χ2v) is 6.73. The molecule has 0 heterocycles. The molecule has 1 aromatic rings. The van der Waals surface area contributed by atoms with Crippen LogP contribution >= 0.6 is 0 Å². The Bertz CT molecular complexity index is 391. The predicted molar refractivity (Wildman–Crippen MR) is 91.5 cm³/mol. The van der Waals surface area contributed by atoms with Crippen molar-refractivity contribution in [3.63, 3.8) is 0 Å². The summed E-state index contributed by atoms with van der Waals surface area (Å²) in [5.41, 5.74) is 1.44. The second-order valence-electron chi connectivity index (χ2n) is 6.73. The summed E-state index contributed by atoms with van der Waals surface area (Å²) in [6.07, 6.45) is 2.72. The Balaban J connectivity index is 1.91. The van der Waals surface area contributed by atoms with Gasteiger partial charge in [0.2, 0.25) is 0 Å². The topological polar surface area (TPSA) is 15.3 Å².